The molecule has 0 aliphatic heterocycles. The molecule has 2 rings (SSSR count). The van der Waals surface area contributed by atoms with Gasteiger partial charge in [0.05, 0.1) is 29.2 Å². The highest BCUT2D eigenvalue weighted by atomic mass is 16.6. The van der Waals surface area contributed by atoms with Gasteiger partial charge in [-0.3, -0.25) is 10.1 Å². The van der Waals surface area contributed by atoms with Crippen molar-refractivity contribution >= 4 is 17.5 Å². The first kappa shape index (κ1) is 16.9. The molecule has 0 radical (unpaired) electrons. The molecular weight excluding hydrogens is 312 g/mol. The zero-order valence-corrected chi connectivity index (χ0v) is 13.1. The molecule has 24 heavy (non-hydrogen) atoms. The lowest BCUT2D eigenvalue weighted by Crippen LogP contribution is -2.19. The molecule has 1 aromatic carbocycles. The number of rotatable bonds is 5. The lowest BCUT2D eigenvalue weighted by Gasteiger charge is -2.18. The molecule has 0 saturated carbocycles. The number of methoxy groups -OCH3 is 1. The molecule has 0 N–H and O–H groups in total. The fourth-order valence-corrected chi connectivity index (χ4v) is 2.14. The Hall–Kier alpha value is -3.47. The number of hydrogen-bond donors (Lipinski definition) is 0. The Bertz CT molecular complexity index is 812. The third kappa shape index (κ3) is 3.64. The molecule has 0 spiro atoms. The first-order valence-electron chi connectivity index (χ1n) is 6.89. The van der Waals surface area contributed by atoms with Gasteiger partial charge in [-0.1, -0.05) is 12.1 Å². The summed E-state index contributed by atoms with van der Waals surface area (Å²) in [4.78, 5) is 27.8. The van der Waals surface area contributed by atoms with Crippen molar-refractivity contribution in [3.05, 3.63) is 63.3 Å². The van der Waals surface area contributed by atoms with Gasteiger partial charge in [0.1, 0.15) is 0 Å². The number of hydrogen-bond acceptors (Lipinski definition) is 7. The van der Waals surface area contributed by atoms with Crippen molar-refractivity contribution in [2.24, 2.45) is 0 Å². The summed E-state index contributed by atoms with van der Waals surface area (Å²) in [5.74, 6) is -0.552. The maximum Gasteiger partial charge on any atom is 0.339 e. The molecule has 0 atom stereocenters. The van der Waals surface area contributed by atoms with Crippen molar-refractivity contribution in [3.8, 4) is 6.07 Å². The second kappa shape index (κ2) is 7.19. The van der Waals surface area contributed by atoms with Gasteiger partial charge in [-0.15, -0.1) is 0 Å². The standard InChI is InChI=1S/C16H14N4O4/c1-19(10-12-5-3-11(8-17)4-6-12)15-14(20(22)23)7-13(9-18-15)16(21)24-2/h3-7,9H,10H2,1-2H3. The average molecular weight is 326 g/mol. The number of carbonyl (C=O) groups excluding carboxylic acids is 1. The van der Waals surface area contributed by atoms with Crippen LogP contribution >= 0.6 is 0 Å². The Morgan fingerprint density at radius 3 is 2.62 bits per heavy atom. The van der Waals surface area contributed by atoms with Crippen molar-refractivity contribution in [1.82, 2.24) is 4.98 Å². The van der Waals surface area contributed by atoms with Gasteiger partial charge in [0.2, 0.25) is 5.82 Å². The maximum atomic E-state index is 11.5. The van der Waals surface area contributed by atoms with E-state index in [4.69, 9.17) is 5.26 Å². The van der Waals surface area contributed by atoms with Crippen molar-refractivity contribution in [2.45, 2.75) is 6.54 Å². The third-order valence-electron chi connectivity index (χ3n) is 3.33. The van der Waals surface area contributed by atoms with Gasteiger partial charge in [0.15, 0.2) is 0 Å². The first-order valence-corrected chi connectivity index (χ1v) is 6.89. The number of nitriles is 1. The van der Waals surface area contributed by atoms with Gasteiger partial charge in [0.25, 0.3) is 0 Å². The highest BCUT2D eigenvalue weighted by Crippen LogP contribution is 2.27. The number of anilines is 1. The molecule has 0 aliphatic rings. The number of aromatic nitrogens is 1. The van der Waals surface area contributed by atoms with Gasteiger partial charge in [-0.2, -0.15) is 5.26 Å². The Balaban J connectivity index is 2.30. The van der Waals surface area contributed by atoms with Crippen LogP contribution in [0.3, 0.4) is 0 Å². The summed E-state index contributed by atoms with van der Waals surface area (Å²) in [6, 6.07) is 10.0. The minimum atomic E-state index is -0.688. The van der Waals surface area contributed by atoms with Gasteiger partial charge in [0, 0.05) is 25.9 Å². The molecule has 8 heteroatoms. The number of pyridine rings is 1. The SMILES string of the molecule is COC(=O)c1cnc(N(C)Cc2ccc(C#N)cc2)c([N+](=O)[O-])c1. The van der Waals surface area contributed by atoms with E-state index in [0.29, 0.717) is 12.1 Å². The second-order valence-electron chi connectivity index (χ2n) is 4.98. The quantitative estimate of drug-likeness (QED) is 0.471. The Morgan fingerprint density at radius 1 is 1.42 bits per heavy atom. The van der Waals surface area contributed by atoms with Crippen LogP contribution in [0.4, 0.5) is 11.5 Å². The van der Waals surface area contributed by atoms with E-state index in [0.717, 1.165) is 11.6 Å². The van der Waals surface area contributed by atoms with Crippen LogP contribution in [0.15, 0.2) is 36.5 Å². The largest absolute Gasteiger partial charge is 0.465 e. The van der Waals surface area contributed by atoms with Crippen LogP contribution in [0.25, 0.3) is 0 Å². The number of benzene rings is 1. The van der Waals surface area contributed by atoms with Crippen LogP contribution in [-0.4, -0.2) is 30.0 Å². The van der Waals surface area contributed by atoms with Gasteiger partial charge < -0.3 is 9.64 Å². The van der Waals surface area contributed by atoms with Gasteiger partial charge in [-0.05, 0) is 17.7 Å². The van der Waals surface area contributed by atoms with Crippen LogP contribution < -0.4 is 4.90 Å². The molecule has 0 bridgehead atoms. The topological polar surface area (TPSA) is 109 Å². The Labute approximate surface area is 138 Å². The Kier molecular flexibility index (Phi) is 5.06. The van der Waals surface area contributed by atoms with Crippen molar-refractivity contribution in [2.75, 3.05) is 19.1 Å². The fourth-order valence-electron chi connectivity index (χ4n) is 2.14. The van der Waals surface area contributed by atoms with E-state index in [1.807, 2.05) is 6.07 Å². The number of esters is 1. The van der Waals surface area contributed by atoms with Crippen molar-refractivity contribution in [3.63, 3.8) is 0 Å². The zero-order chi connectivity index (χ0) is 17.7. The van der Waals surface area contributed by atoms with Crippen LogP contribution in [0.2, 0.25) is 0 Å². The van der Waals surface area contributed by atoms with E-state index < -0.39 is 10.9 Å². The Morgan fingerprint density at radius 2 is 2.08 bits per heavy atom. The molecule has 0 aliphatic carbocycles. The minimum Gasteiger partial charge on any atom is -0.465 e. The highest BCUT2D eigenvalue weighted by molar-refractivity contribution is 5.90. The normalized spacial score (nSPS) is 9.88. The number of carbonyl (C=O) groups is 1. The molecule has 1 heterocycles. The number of nitro groups is 1. The molecule has 122 valence electrons. The maximum absolute atomic E-state index is 11.5. The van der Waals surface area contributed by atoms with Crippen LogP contribution in [0, 0.1) is 21.4 Å². The van der Waals surface area contributed by atoms with E-state index in [-0.39, 0.29) is 17.1 Å². The molecule has 0 saturated heterocycles. The predicted molar refractivity (Wildman–Crippen MR) is 85.5 cm³/mol. The summed E-state index contributed by atoms with van der Waals surface area (Å²) in [7, 11) is 2.85. The smallest absolute Gasteiger partial charge is 0.339 e. The van der Waals surface area contributed by atoms with E-state index in [2.05, 4.69) is 9.72 Å². The van der Waals surface area contributed by atoms with Gasteiger partial charge >= 0.3 is 11.7 Å². The number of nitrogens with zero attached hydrogens (tertiary/aromatic N) is 4. The average Bonchev–Trinajstić information content (AvgIpc) is 2.61. The summed E-state index contributed by atoms with van der Waals surface area (Å²) < 4.78 is 4.55. The summed E-state index contributed by atoms with van der Waals surface area (Å²) in [5.41, 5.74) is 1.13. The van der Waals surface area contributed by atoms with Gasteiger partial charge in [-0.25, -0.2) is 9.78 Å². The summed E-state index contributed by atoms with van der Waals surface area (Å²) in [5, 5.41) is 20.1. The van der Waals surface area contributed by atoms with E-state index >= 15 is 0 Å². The minimum absolute atomic E-state index is 0.0136. The summed E-state index contributed by atoms with van der Waals surface area (Å²) in [6.07, 6.45) is 1.24. The highest BCUT2D eigenvalue weighted by Gasteiger charge is 2.22. The lowest BCUT2D eigenvalue weighted by molar-refractivity contribution is -0.384. The lowest BCUT2D eigenvalue weighted by atomic mass is 10.1. The predicted octanol–water partition coefficient (Wildman–Crippen LogP) is 2.28. The molecule has 2 aromatic rings. The fraction of sp³-hybridized carbons (Fsp3) is 0.188. The first-order chi connectivity index (χ1) is 11.5. The van der Waals surface area contributed by atoms with Crippen LogP contribution in [0.5, 0.6) is 0 Å². The molecule has 0 unspecified atom stereocenters. The monoisotopic (exact) mass is 326 g/mol. The summed E-state index contributed by atoms with van der Waals surface area (Å²) in [6.45, 7) is 0.358. The van der Waals surface area contributed by atoms with Crippen LogP contribution in [-0.2, 0) is 11.3 Å². The molecule has 0 amide bonds. The van der Waals surface area contributed by atoms with E-state index in [9.17, 15) is 14.9 Å². The van der Waals surface area contributed by atoms with Crippen LogP contribution in [0.1, 0.15) is 21.5 Å². The molecule has 1 aromatic heterocycles. The zero-order valence-electron chi connectivity index (χ0n) is 13.1. The second-order valence-corrected chi connectivity index (χ2v) is 4.98. The summed E-state index contributed by atoms with van der Waals surface area (Å²) >= 11 is 0. The molecular formula is C16H14N4O4. The van der Waals surface area contributed by atoms with E-state index in [1.54, 1.807) is 36.2 Å². The van der Waals surface area contributed by atoms with Crippen molar-refractivity contribution < 1.29 is 14.5 Å². The third-order valence-corrected chi connectivity index (χ3v) is 3.33. The number of ether oxygens (including phenoxy) is 1. The molecule has 0 fully saturated rings. The molecule has 8 nitrogen and oxygen atoms in total. The van der Waals surface area contributed by atoms with E-state index in [1.165, 1.54) is 13.3 Å². The van der Waals surface area contributed by atoms with Crippen molar-refractivity contribution in [1.29, 1.82) is 5.26 Å².